The van der Waals surface area contributed by atoms with Crippen LogP contribution in [-0.2, 0) is 6.54 Å². The van der Waals surface area contributed by atoms with E-state index < -0.39 is 0 Å². The van der Waals surface area contributed by atoms with E-state index in [1.807, 2.05) is 37.4 Å². The molecule has 2 aromatic rings. The molecule has 0 bridgehead atoms. The van der Waals surface area contributed by atoms with E-state index in [-0.39, 0.29) is 6.61 Å². The average molecular weight is 287 g/mol. The Morgan fingerprint density at radius 2 is 2.05 bits per heavy atom. The third-order valence-electron chi connectivity index (χ3n) is 2.84. The number of methoxy groups -OCH3 is 1. The van der Waals surface area contributed by atoms with Crippen LogP contribution in [0.15, 0.2) is 36.4 Å². The molecule has 2 rings (SSSR count). The molecule has 0 amide bonds. The standard InChI is InChI=1S/C16H17NO2S/c1-17(15-7-3-4-8-16(15)19-2)12-14-10-9-13(20-14)6-5-11-18/h3-4,7-10,18H,11-12H2,1-2H3. The molecule has 4 heteroatoms. The zero-order chi connectivity index (χ0) is 14.4. The van der Waals surface area contributed by atoms with Crippen LogP contribution in [0.5, 0.6) is 5.75 Å². The van der Waals surface area contributed by atoms with Gasteiger partial charge in [0.15, 0.2) is 0 Å². The van der Waals surface area contributed by atoms with E-state index >= 15 is 0 Å². The lowest BCUT2D eigenvalue weighted by Gasteiger charge is -2.20. The summed E-state index contributed by atoms with van der Waals surface area (Å²) in [6.45, 7) is 0.695. The number of rotatable bonds is 4. The fourth-order valence-electron chi connectivity index (χ4n) is 1.92. The van der Waals surface area contributed by atoms with E-state index in [1.165, 1.54) is 4.88 Å². The van der Waals surface area contributed by atoms with Crippen molar-refractivity contribution in [2.24, 2.45) is 0 Å². The minimum absolute atomic E-state index is 0.103. The number of nitrogens with zero attached hydrogens (tertiary/aromatic N) is 1. The lowest BCUT2D eigenvalue weighted by atomic mass is 10.2. The van der Waals surface area contributed by atoms with Gasteiger partial charge in [-0.3, -0.25) is 0 Å². The topological polar surface area (TPSA) is 32.7 Å². The third-order valence-corrected chi connectivity index (χ3v) is 3.83. The Hall–Kier alpha value is -1.96. The van der Waals surface area contributed by atoms with Crippen molar-refractivity contribution in [2.75, 3.05) is 25.7 Å². The minimum atomic E-state index is -0.103. The van der Waals surface area contributed by atoms with E-state index in [0.717, 1.165) is 22.9 Å². The maximum absolute atomic E-state index is 8.70. The number of benzene rings is 1. The van der Waals surface area contributed by atoms with Crippen molar-refractivity contribution >= 4 is 17.0 Å². The number of hydrogen-bond acceptors (Lipinski definition) is 4. The van der Waals surface area contributed by atoms with Crippen LogP contribution in [0.3, 0.4) is 0 Å². The molecule has 0 atom stereocenters. The molecule has 1 heterocycles. The zero-order valence-corrected chi connectivity index (χ0v) is 12.4. The first kappa shape index (κ1) is 14.4. The van der Waals surface area contributed by atoms with Gasteiger partial charge in [0.25, 0.3) is 0 Å². The van der Waals surface area contributed by atoms with Crippen LogP contribution in [0.2, 0.25) is 0 Å². The molecule has 0 aliphatic heterocycles. The molecular weight excluding hydrogens is 270 g/mol. The van der Waals surface area contributed by atoms with Crippen molar-refractivity contribution in [3.63, 3.8) is 0 Å². The van der Waals surface area contributed by atoms with E-state index in [9.17, 15) is 0 Å². The Morgan fingerprint density at radius 1 is 1.25 bits per heavy atom. The van der Waals surface area contributed by atoms with Gasteiger partial charge in [0.2, 0.25) is 0 Å². The summed E-state index contributed by atoms with van der Waals surface area (Å²) in [5, 5.41) is 8.70. The lowest BCUT2D eigenvalue weighted by Crippen LogP contribution is -2.16. The summed E-state index contributed by atoms with van der Waals surface area (Å²) in [6.07, 6.45) is 0. The molecule has 1 N–H and O–H groups in total. The first-order valence-corrected chi connectivity index (χ1v) is 7.09. The van der Waals surface area contributed by atoms with Crippen molar-refractivity contribution in [2.45, 2.75) is 6.54 Å². The van der Waals surface area contributed by atoms with Gasteiger partial charge < -0.3 is 14.7 Å². The number of hydrogen-bond donors (Lipinski definition) is 1. The van der Waals surface area contributed by atoms with Crippen LogP contribution in [0, 0.1) is 11.8 Å². The third kappa shape index (κ3) is 3.53. The second kappa shape index (κ2) is 6.99. The highest BCUT2D eigenvalue weighted by atomic mass is 32.1. The predicted octanol–water partition coefficient (Wildman–Crippen LogP) is 2.74. The average Bonchev–Trinajstić information content (AvgIpc) is 2.92. The van der Waals surface area contributed by atoms with Crippen LogP contribution in [0.4, 0.5) is 5.69 Å². The highest BCUT2D eigenvalue weighted by molar-refractivity contribution is 7.12. The number of aliphatic hydroxyl groups is 1. The summed E-state index contributed by atoms with van der Waals surface area (Å²) in [4.78, 5) is 4.34. The van der Waals surface area contributed by atoms with Gasteiger partial charge in [-0.15, -0.1) is 11.3 Å². The molecule has 20 heavy (non-hydrogen) atoms. The van der Waals surface area contributed by atoms with Gasteiger partial charge in [-0.05, 0) is 24.3 Å². The van der Waals surface area contributed by atoms with Crippen molar-refractivity contribution in [1.29, 1.82) is 0 Å². The quantitative estimate of drug-likeness (QED) is 0.878. The number of para-hydroxylation sites is 2. The number of aliphatic hydroxyl groups excluding tert-OH is 1. The summed E-state index contributed by atoms with van der Waals surface area (Å²) in [5.74, 6) is 6.46. The Labute approximate surface area is 123 Å². The second-order valence-electron chi connectivity index (χ2n) is 4.25. The van der Waals surface area contributed by atoms with Crippen LogP contribution >= 0.6 is 11.3 Å². The predicted molar refractivity (Wildman–Crippen MR) is 83.4 cm³/mol. The number of ether oxygens (including phenoxy) is 1. The van der Waals surface area contributed by atoms with Crippen molar-refractivity contribution in [3.05, 3.63) is 46.2 Å². The summed E-state index contributed by atoms with van der Waals surface area (Å²) in [5.41, 5.74) is 1.06. The second-order valence-corrected chi connectivity index (χ2v) is 5.42. The molecule has 3 nitrogen and oxygen atoms in total. The van der Waals surface area contributed by atoms with E-state index in [4.69, 9.17) is 9.84 Å². The summed E-state index contributed by atoms with van der Waals surface area (Å²) >= 11 is 1.64. The lowest BCUT2D eigenvalue weighted by molar-refractivity contribution is 0.350. The van der Waals surface area contributed by atoms with Gasteiger partial charge in [-0.2, -0.15) is 0 Å². The highest BCUT2D eigenvalue weighted by Crippen LogP contribution is 2.28. The zero-order valence-electron chi connectivity index (χ0n) is 11.6. The molecular formula is C16H17NO2S. The highest BCUT2D eigenvalue weighted by Gasteiger charge is 2.08. The summed E-state index contributed by atoms with van der Waals surface area (Å²) in [7, 11) is 3.72. The van der Waals surface area contributed by atoms with Crippen molar-refractivity contribution < 1.29 is 9.84 Å². The van der Waals surface area contributed by atoms with Gasteiger partial charge >= 0.3 is 0 Å². The molecule has 0 radical (unpaired) electrons. The Kier molecular flexibility index (Phi) is 5.05. The van der Waals surface area contributed by atoms with Gasteiger partial charge in [0.1, 0.15) is 12.4 Å². The maximum atomic E-state index is 8.70. The van der Waals surface area contributed by atoms with Crippen LogP contribution in [0.25, 0.3) is 0 Å². The Bertz CT molecular complexity index is 625. The largest absolute Gasteiger partial charge is 0.495 e. The molecule has 0 aliphatic carbocycles. The van der Waals surface area contributed by atoms with Crippen molar-refractivity contribution in [3.8, 4) is 17.6 Å². The number of thiophene rings is 1. The van der Waals surface area contributed by atoms with Gasteiger partial charge in [0, 0.05) is 11.9 Å². The first-order chi connectivity index (χ1) is 9.74. The Balaban J connectivity index is 2.11. The van der Waals surface area contributed by atoms with Crippen LogP contribution in [0.1, 0.15) is 9.75 Å². The molecule has 0 spiro atoms. The monoisotopic (exact) mass is 287 g/mol. The van der Waals surface area contributed by atoms with Gasteiger partial charge in [-0.25, -0.2) is 0 Å². The van der Waals surface area contributed by atoms with Crippen LogP contribution in [-0.4, -0.2) is 25.9 Å². The Morgan fingerprint density at radius 3 is 2.80 bits per heavy atom. The molecule has 0 aliphatic rings. The number of anilines is 1. The van der Waals surface area contributed by atoms with E-state index in [0.29, 0.717) is 0 Å². The molecule has 1 aromatic heterocycles. The molecule has 0 fully saturated rings. The fourth-order valence-corrected chi connectivity index (χ4v) is 2.86. The SMILES string of the molecule is COc1ccccc1N(C)Cc1ccc(C#CCO)s1. The maximum Gasteiger partial charge on any atom is 0.142 e. The minimum Gasteiger partial charge on any atom is -0.495 e. The van der Waals surface area contributed by atoms with E-state index in [2.05, 4.69) is 22.8 Å². The molecule has 0 saturated carbocycles. The summed E-state index contributed by atoms with van der Waals surface area (Å²) < 4.78 is 5.37. The normalized spacial score (nSPS) is 9.75. The summed E-state index contributed by atoms with van der Waals surface area (Å²) in [6, 6.07) is 12.0. The van der Waals surface area contributed by atoms with Gasteiger partial charge in [-0.1, -0.05) is 24.0 Å². The first-order valence-electron chi connectivity index (χ1n) is 6.27. The smallest absolute Gasteiger partial charge is 0.142 e. The molecule has 0 unspecified atom stereocenters. The fraction of sp³-hybridized carbons (Fsp3) is 0.250. The molecule has 0 saturated heterocycles. The van der Waals surface area contributed by atoms with Crippen LogP contribution < -0.4 is 9.64 Å². The van der Waals surface area contributed by atoms with Gasteiger partial charge in [0.05, 0.1) is 24.2 Å². The van der Waals surface area contributed by atoms with E-state index in [1.54, 1.807) is 18.4 Å². The molecule has 1 aromatic carbocycles. The molecule has 104 valence electrons. The van der Waals surface area contributed by atoms with Crippen molar-refractivity contribution in [1.82, 2.24) is 0 Å².